The van der Waals surface area contributed by atoms with Crippen molar-refractivity contribution < 1.29 is 23.1 Å². The Morgan fingerprint density at radius 3 is 2.29 bits per heavy atom. The van der Waals surface area contributed by atoms with Gasteiger partial charge in [-0.05, 0) is 24.6 Å². The molecule has 0 radical (unpaired) electrons. The Morgan fingerprint density at radius 1 is 1.29 bits per heavy atom. The van der Waals surface area contributed by atoms with Crippen molar-refractivity contribution in [3.63, 3.8) is 0 Å². The molecule has 1 atom stereocenters. The molecule has 0 bridgehead atoms. The highest BCUT2D eigenvalue weighted by Gasteiger charge is 2.26. The predicted octanol–water partition coefficient (Wildman–Crippen LogP) is 1.30. The summed E-state index contributed by atoms with van der Waals surface area (Å²) in [5, 5.41) is 8.81. The molecule has 1 aromatic rings. The Hall–Kier alpha value is -1.41. The van der Waals surface area contributed by atoms with Gasteiger partial charge in [-0.25, -0.2) is 13.2 Å². The van der Waals surface area contributed by atoms with Crippen LogP contribution in [0.2, 0.25) is 0 Å². The molecule has 1 aromatic carbocycles. The second kappa shape index (κ2) is 7.04. The maximum Gasteiger partial charge on any atom is 0.326 e. The zero-order chi connectivity index (χ0) is 16.2. The highest BCUT2D eigenvalue weighted by molar-refractivity contribution is 9.10. The third kappa shape index (κ3) is 5.47. The molecule has 0 aliphatic heterocycles. The van der Waals surface area contributed by atoms with E-state index in [1.807, 2.05) is 0 Å². The van der Waals surface area contributed by atoms with E-state index in [-0.39, 0.29) is 5.75 Å². The summed E-state index contributed by atoms with van der Waals surface area (Å²) >= 11 is 3.25. The van der Waals surface area contributed by atoms with Gasteiger partial charge in [0.05, 0.1) is 5.75 Å². The summed E-state index contributed by atoms with van der Waals surface area (Å²) in [6, 6.07) is 5.66. The number of carbonyl (C=O) groups excluding carboxylic acids is 1. The van der Waals surface area contributed by atoms with Gasteiger partial charge in [0.25, 0.3) is 0 Å². The molecule has 1 N–H and O–H groups in total. The maximum absolute atomic E-state index is 12.0. The summed E-state index contributed by atoms with van der Waals surface area (Å²) in [6.45, 7) is 1.32. The van der Waals surface area contributed by atoms with Crippen LogP contribution in [0.4, 0.5) is 0 Å². The Labute approximate surface area is 131 Å². The third-order valence-electron chi connectivity index (χ3n) is 2.97. The lowest BCUT2D eigenvalue weighted by atomic mass is 10.2. The number of likely N-dealkylation sites (N-methyl/N-ethyl adjacent to an activating group) is 1. The number of carboxylic acid groups (broad SMARTS) is 1. The largest absolute Gasteiger partial charge is 0.480 e. The molecule has 8 heteroatoms. The molecule has 0 saturated heterocycles. The zero-order valence-corrected chi connectivity index (χ0v) is 14.0. The lowest BCUT2D eigenvalue weighted by Gasteiger charge is -2.21. The van der Waals surface area contributed by atoms with Crippen molar-refractivity contribution in [2.24, 2.45) is 0 Å². The monoisotopic (exact) mass is 377 g/mol. The minimum atomic E-state index is -3.65. The number of benzene rings is 1. The first kappa shape index (κ1) is 17.6. The van der Waals surface area contributed by atoms with Crippen molar-refractivity contribution in [2.75, 3.05) is 12.8 Å². The van der Waals surface area contributed by atoms with Gasteiger partial charge in [-0.1, -0.05) is 28.1 Å². The number of rotatable bonds is 6. The van der Waals surface area contributed by atoms with Crippen LogP contribution in [0.25, 0.3) is 0 Å². The van der Waals surface area contributed by atoms with E-state index in [4.69, 9.17) is 5.11 Å². The van der Waals surface area contributed by atoms with Crippen molar-refractivity contribution in [2.45, 2.75) is 18.7 Å². The number of amides is 1. The molecule has 21 heavy (non-hydrogen) atoms. The molecular weight excluding hydrogens is 362 g/mol. The van der Waals surface area contributed by atoms with E-state index < -0.39 is 33.5 Å². The van der Waals surface area contributed by atoms with E-state index in [9.17, 15) is 18.0 Å². The fourth-order valence-corrected chi connectivity index (χ4v) is 3.20. The highest BCUT2D eigenvalue weighted by Crippen LogP contribution is 2.13. The van der Waals surface area contributed by atoms with Crippen LogP contribution in [0.3, 0.4) is 0 Å². The number of sulfone groups is 1. The van der Waals surface area contributed by atoms with Crippen LogP contribution in [0.5, 0.6) is 0 Å². The van der Waals surface area contributed by atoms with Gasteiger partial charge in [0, 0.05) is 11.5 Å². The second-order valence-corrected chi connectivity index (χ2v) is 7.66. The average molecular weight is 378 g/mol. The maximum atomic E-state index is 12.0. The molecule has 0 saturated carbocycles. The summed E-state index contributed by atoms with van der Waals surface area (Å²) in [6.07, 6.45) is 0. The second-order valence-electron chi connectivity index (χ2n) is 4.68. The Morgan fingerprint density at radius 2 is 1.81 bits per heavy atom. The van der Waals surface area contributed by atoms with Crippen molar-refractivity contribution in [1.82, 2.24) is 4.90 Å². The van der Waals surface area contributed by atoms with Gasteiger partial charge in [-0.3, -0.25) is 4.79 Å². The van der Waals surface area contributed by atoms with Gasteiger partial charge in [-0.2, -0.15) is 0 Å². The average Bonchev–Trinajstić information content (AvgIpc) is 2.38. The molecule has 1 amide bonds. The fraction of sp³-hybridized carbons (Fsp3) is 0.385. The molecule has 0 aliphatic rings. The van der Waals surface area contributed by atoms with E-state index in [1.54, 1.807) is 24.3 Å². The first-order valence-electron chi connectivity index (χ1n) is 6.06. The highest BCUT2D eigenvalue weighted by atomic mass is 79.9. The van der Waals surface area contributed by atoms with Crippen molar-refractivity contribution in [1.29, 1.82) is 0 Å². The summed E-state index contributed by atoms with van der Waals surface area (Å²) < 4.78 is 24.8. The van der Waals surface area contributed by atoms with E-state index in [0.717, 1.165) is 9.37 Å². The standard InChI is InChI=1S/C13H16BrNO5S/c1-9(13(17)18)15(2)12(16)8-21(19,20)7-10-3-5-11(14)6-4-10/h3-6,9H,7-8H2,1-2H3,(H,17,18). The number of hydrogen-bond donors (Lipinski definition) is 1. The number of carboxylic acids is 1. The van der Waals surface area contributed by atoms with Gasteiger partial charge in [-0.15, -0.1) is 0 Å². The molecule has 1 unspecified atom stereocenters. The first-order valence-corrected chi connectivity index (χ1v) is 8.67. The summed E-state index contributed by atoms with van der Waals surface area (Å²) in [7, 11) is -2.38. The summed E-state index contributed by atoms with van der Waals surface area (Å²) in [5.74, 6) is -2.89. The molecule has 1 rings (SSSR count). The molecule has 0 heterocycles. The Balaban J connectivity index is 2.74. The smallest absolute Gasteiger partial charge is 0.326 e. The zero-order valence-electron chi connectivity index (χ0n) is 11.6. The summed E-state index contributed by atoms with van der Waals surface area (Å²) in [4.78, 5) is 23.5. The molecule has 0 fully saturated rings. The number of hydrogen-bond acceptors (Lipinski definition) is 4. The lowest BCUT2D eigenvalue weighted by molar-refractivity contribution is -0.147. The minimum absolute atomic E-state index is 0.263. The molecule has 6 nitrogen and oxygen atoms in total. The van der Waals surface area contributed by atoms with Gasteiger partial charge in [0.2, 0.25) is 5.91 Å². The number of nitrogens with zero attached hydrogens (tertiary/aromatic N) is 1. The van der Waals surface area contributed by atoms with Crippen LogP contribution in [0.1, 0.15) is 12.5 Å². The fourth-order valence-electron chi connectivity index (χ4n) is 1.56. The molecule has 116 valence electrons. The van der Waals surface area contributed by atoms with Crippen LogP contribution in [0.15, 0.2) is 28.7 Å². The van der Waals surface area contributed by atoms with Crippen LogP contribution < -0.4 is 0 Å². The predicted molar refractivity (Wildman–Crippen MR) is 81.5 cm³/mol. The number of halogens is 1. The number of aliphatic carboxylic acids is 1. The normalized spacial score (nSPS) is 12.7. The molecule has 0 aliphatic carbocycles. The Kier molecular flexibility index (Phi) is 5.91. The third-order valence-corrected chi connectivity index (χ3v) is 4.96. The van der Waals surface area contributed by atoms with Gasteiger partial charge in [0.1, 0.15) is 11.8 Å². The van der Waals surface area contributed by atoms with E-state index in [1.165, 1.54) is 14.0 Å². The van der Waals surface area contributed by atoms with E-state index in [0.29, 0.717) is 5.56 Å². The van der Waals surface area contributed by atoms with Gasteiger partial charge >= 0.3 is 5.97 Å². The van der Waals surface area contributed by atoms with Crippen molar-refractivity contribution >= 4 is 37.6 Å². The van der Waals surface area contributed by atoms with Crippen LogP contribution in [-0.4, -0.2) is 49.1 Å². The van der Waals surface area contributed by atoms with E-state index in [2.05, 4.69) is 15.9 Å². The quantitative estimate of drug-likeness (QED) is 0.806. The lowest BCUT2D eigenvalue weighted by Crippen LogP contribution is -2.43. The Bertz CT molecular complexity index is 626. The topological polar surface area (TPSA) is 91.8 Å². The number of carbonyl (C=O) groups is 2. The molecule has 0 spiro atoms. The SMILES string of the molecule is CC(C(=O)O)N(C)C(=O)CS(=O)(=O)Cc1ccc(Br)cc1. The summed E-state index contributed by atoms with van der Waals surface area (Å²) in [5.41, 5.74) is 0.569. The van der Waals surface area contributed by atoms with Gasteiger partial charge < -0.3 is 10.0 Å². The van der Waals surface area contributed by atoms with E-state index >= 15 is 0 Å². The van der Waals surface area contributed by atoms with Crippen molar-refractivity contribution in [3.8, 4) is 0 Å². The van der Waals surface area contributed by atoms with Gasteiger partial charge in [0.15, 0.2) is 9.84 Å². The van der Waals surface area contributed by atoms with Crippen molar-refractivity contribution in [3.05, 3.63) is 34.3 Å². The van der Waals surface area contributed by atoms with Crippen LogP contribution >= 0.6 is 15.9 Å². The molecular formula is C13H16BrNO5S. The van der Waals surface area contributed by atoms with Crippen LogP contribution in [-0.2, 0) is 25.2 Å². The first-order chi connectivity index (χ1) is 9.62. The van der Waals surface area contributed by atoms with Crippen LogP contribution in [0, 0.1) is 0 Å². The minimum Gasteiger partial charge on any atom is -0.480 e. The molecule has 0 aromatic heterocycles.